The van der Waals surface area contributed by atoms with Gasteiger partial charge in [-0.2, -0.15) is 0 Å². The summed E-state index contributed by atoms with van der Waals surface area (Å²) >= 11 is 7.33. The van der Waals surface area contributed by atoms with Gasteiger partial charge in [-0.15, -0.1) is 11.8 Å². The minimum Gasteiger partial charge on any atom is -0.354 e. The summed E-state index contributed by atoms with van der Waals surface area (Å²) in [5, 5.41) is 3.59. The maximum absolute atomic E-state index is 14.6. The Bertz CT molecular complexity index is 1110. The molecule has 2 amide bonds. The Balaban J connectivity index is 1.90. The van der Waals surface area contributed by atoms with E-state index in [1.807, 2.05) is 56.3 Å². The smallest absolute Gasteiger partial charge is 0.243 e. The molecule has 0 spiro atoms. The molecule has 7 heteroatoms. The van der Waals surface area contributed by atoms with Crippen molar-refractivity contribution in [2.45, 2.75) is 37.8 Å². The molecule has 4 nitrogen and oxygen atoms in total. The number of nitrogens with one attached hydrogen (secondary N) is 1. The molecule has 1 unspecified atom stereocenters. The Kier molecular flexibility index (Phi) is 10.2. The van der Waals surface area contributed by atoms with Crippen LogP contribution in [0.25, 0.3) is 0 Å². The van der Waals surface area contributed by atoms with Gasteiger partial charge in [-0.25, -0.2) is 4.39 Å². The van der Waals surface area contributed by atoms with E-state index in [2.05, 4.69) is 5.32 Å². The van der Waals surface area contributed by atoms with Gasteiger partial charge >= 0.3 is 0 Å². The molecule has 0 heterocycles. The molecule has 0 radical (unpaired) electrons. The number of benzene rings is 3. The van der Waals surface area contributed by atoms with Crippen LogP contribution in [0.15, 0.2) is 83.8 Å². The minimum absolute atomic E-state index is 0.000711. The van der Waals surface area contributed by atoms with Crippen LogP contribution in [-0.2, 0) is 22.6 Å². The average Bonchev–Trinajstić information content (AvgIpc) is 2.85. The average molecular weight is 513 g/mol. The van der Waals surface area contributed by atoms with Crippen molar-refractivity contribution in [3.05, 3.63) is 101 Å². The van der Waals surface area contributed by atoms with E-state index in [1.54, 1.807) is 30.3 Å². The van der Waals surface area contributed by atoms with Crippen LogP contribution in [0.5, 0.6) is 0 Å². The fourth-order valence-corrected chi connectivity index (χ4v) is 4.46. The number of hydrogen-bond acceptors (Lipinski definition) is 3. The first kappa shape index (κ1) is 26.8. The fourth-order valence-electron chi connectivity index (χ4n) is 3.55. The third-order valence-corrected chi connectivity index (χ3v) is 6.68. The highest BCUT2D eigenvalue weighted by molar-refractivity contribution is 8.00. The van der Waals surface area contributed by atoms with Crippen molar-refractivity contribution in [1.82, 2.24) is 10.2 Å². The predicted molar refractivity (Wildman–Crippen MR) is 141 cm³/mol. The molecular formula is C28H30ClFN2O2S. The van der Waals surface area contributed by atoms with Crippen LogP contribution in [0, 0.1) is 11.7 Å². The SMILES string of the molecule is CC(C)CNC(=O)C(Cc1ccccc1)N(Cc1ccccc1F)C(=O)CSc1ccc(Cl)cc1. The van der Waals surface area contributed by atoms with E-state index in [9.17, 15) is 14.0 Å². The van der Waals surface area contributed by atoms with Crippen molar-refractivity contribution in [1.29, 1.82) is 0 Å². The van der Waals surface area contributed by atoms with Gasteiger partial charge in [-0.3, -0.25) is 9.59 Å². The highest BCUT2D eigenvalue weighted by Crippen LogP contribution is 2.23. The zero-order valence-corrected chi connectivity index (χ0v) is 21.5. The molecule has 0 saturated heterocycles. The summed E-state index contributed by atoms with van der Waals surface area (Å²) in [6, 6.07) is 22.4. The van der Waals surface area contributed by atoms with Gasteiger partial charge in [-0.05, 0) is 41.8 Å². The van der Waals surface area contributed by atoms with Gasteiger partial charge in [0.1, 0.15) is 11.9 Å². The second-order valence-corrected chi connectivity index (χ2v) is 10.2. The largest absolute Gasteiger partial charge is 0.354 e. The van der Waals surface area contributed by atoms with Crippen LogP contribution in [0.3, 0.4) is 0 Å². The van der Waals surface area contributed by atoms with Crippen molar-refractivity contribution in [2.24, 2.45) is 5.92 Å². The Hall–Kier alpha value is -2.83. The summed E-state index contributed by atoms with van der Waals surface area (Å²) in [5.41, 5.74) is 1.29. The van der Waals surface area contributed by atoms with Crippen LogP contribution in [0.2, 0.25) is 5.02 Å². The van der Waals surface area contributed by atoms with Gasteiger partial charge in [0, 0.05) is 35.0 Å². The van der Waals surface area contributed by atoms with Gasteiger partial charge < -0.3 is 10.2 Å². The second-order valence-electron chi connectivity index (χ2n) is 8.70. The Morgan fingerprint density at radius 3 is 2.29 bits per heavy atom. The van der Waals surface area contributed by atoms with Crippen LogP contribution in [0.4, 0.5) is 4.39 Å². The maximum Gasteiger partial charge on any atom is 0.243 e. The van der Waals surface area contributed by atoms with Crippen molar-refractivity contribution in [3.8, 4) is 0 Å². The van der Waals surface area contributed by atoms with Gasteiger partial charge in [0.05, 0.1) is 5.75 Å². The molecule has 3 aromatic carbocycles. The lowest BCUT2D eigenvalue weighted by Crippen LogP contribution is -2.51. The highest BCUT2D eigenvalue weighted by Gasteiger charge is 2.31. The minimum atomic E-state index is -0.783. The number of carbonyl (C=O) groups is 2. The molecule has 0 aliphatic rings. The molecule has 0 bridgehead atoms. The quantitative estimate of drug-likeness (QED) is 0.321. The number of halogens is 2. The Labute approximate surface area is 215 Å². The molecule has 1 atom stereocenters. The maximum atomic E-state index is 14.6. The number of carbonyl (C=O) groups excluding carboxylic acids is 2. The number of nitrogens with zero attached hydrogens (tertiary/aromatic N) is 1. The zero-order chi connectivity index (χ0) is 25.2. The first-order valence-electron chi connectivity index (χ1n) is 11.6. The van der Waals surface area contributed by atoms with E-state index in [0.29, 0.717) is 23.6 Å². The lowest BCUT2D eigenvalue weighted by atomic mass is 10.0. The van der Waals surface area contributed by atoms with Crippen molar-refractivity contribution in [3.63, 3.8) is 0 Å². The monoisotopic (exact) mass is 512 g/mol. The van der Waals surface area contributed by atoms with E-state index in [4.69, 9.17) is 11.6 Å². The number of amides is 2. The van der Waals surface area contributed by atoms with Crippen LogP contribution in [-0.4, -0.2) is 35.1 Å². The number of thioether (sulfide) groups is 1. The topological polar surface area (TPSA) is 49.4 Å². The zero-order valence-electron chi connectivity index (χ0n) is 19.9. The molecule has 3 rings (SSSR count). The Morgan fingerprint density at radius 1 is 0.971 bits per heavy atom. The predicted octanol–water partition coefficient (Wildman–Crippen LogP) is 5.98. The molecule has 0 aliphatic carbocycles. The summed E-state index contributed by atoms with van der Waals surface area (Å²) in [5.74, 6) is -0.527. The van der Waals surface area contributed by atoms with Crippen LogP contribution in [0.1, 0.15) is 25.0 Å². The fraction of sp³-hybridized carbons (Fsp3) is 0.286. The van der Waals surface area contributed by atoms with Gasteiger partial charge in [0.25, 0.3) is 0 Å². The molecule has 35 heavy (non-hydrogen) atoms. The van der Waals surface area contributed by atoms with Crippen LogP contribution < -0.4 is 5.32 Å². The molecule has 0 saturated carbocycles. The van der Waals surface area contributed by atoms with E-state index in [-0.39, 0.29) is 30.0 Å². The molecule has 0 fully saturated rings. The molecule has 184 valence electrons. The van der Waals surface area contributed by atoms with Gasteiger partial charge in [0.15, 0.2) is 0 Å². The molecule has 1 N–H and O–H groups in total. The highest BCUT2D eigenvalue weighted by atomic mass is 35.5. The second kappa shape index (κ2) is 13.3. The number of hydrogen-bond donors (Lipinski definition) is 1. The summed E-state index contributed by atoms with van der Waals surface area (Å²) < 4.78 is 14.6. The van der Waals surface area contributed by atoms with E-state index in [1.165, 1.54) is 22.7 Å². The standard InChI is InChI=1S/C28H30ClFN2O2S/c1-20(2)17-31-28(34)26(16-21-8-4-3-5-9-21)32(18-22-10-6-7-11-25(22)30)27(33)19-35-24-14-12-23(29)13-15-24/h3-15,20,26H,16-19H2,1-2H3,(H,31,34). The molecule has 0 aromatic heterocycles. The Morgan fingerprint density at radius 2 is 1.63 bits per heavy atom. The van der Waals surface area contributed by atoms with Crippen molar-refractivity contribution in [2.75, 3.05) is 12.3 Å². The van der Waals surface area contributed by atoms with Gasteiger partial charge in [-0.1, -0.05) is 74.0 Å². The van der Waals surface area contributed by atoms with Crippen molar-refractivity contribution >= 4 is 35.2 Å². The molecule has 3 aromatic rings. The third-order valence-electron chi connectivity index (χ3n) is 5.43. The summed E-state index contributed by atoms with van der Waals surface area (Å²) in [6.45, 7) is 4.51. The molecular weight excluding hydrogens is 483 g/mol. The summed E-state index contributed by atoms with van der Waals surface area (Å²) in [4.78, 5) is 29.3. The van der Waals surface area contributed by atoms with E-state index >= 15 is 0 Å². The third kappa shape index (κ3) is 8.41. The van der Waals surface area contributed by atoms with Crippen molar-refractivity contribution < 1.29 is 14.0 Å². The van der Waals surface area contributed by atoms with E-state index < -0.39 is 11.9 Å². The van der Waals surface area contributed by atoms with E-state index in [0.717, 1.165) is 10.5 Å². The van der Waals surface area contributed by atoms with Crippen LogP contribution >= 0.6 is 23.4 Å². The lowest BCUT2D eigenvalue weighted by molar-refractivity contribution is -0.139. The summed E-state index contributed by atoms with van der Waals surface area (Å²) in [6.07, 6.45) is 0.330. The van der Waals surface area contributed by atoms with Gasteiger partial charge in [0.2, 0.25) is 11.8 Å². The number of rotatable bonds is 11. The lowest BCUT2D eigenvalue weighted by Gasteiger charge is -2.32. The summed E-state index contributed by atoms with van der Waals surface area (Å²) in [7, 11) is 0. The normalized spacial score (nSPS) is 11.8. The first-order chi connectivity index (χ1) is 16.8. The molecule has 0 aliphatic heterocycles. The first-order valence-corrected chi connectivity index (χ1v) is 12.9.